The molecule has 0 amide bonds. The van der Waals surface area contributed by atoms with Gasteiger partial charge in [0.05, 0.1) is 11.9 Å². The van der Waals surface area contributed by atoms with Gasteiger partial charge in [-0.15, -0.1) is 0 Å². The molecule has 0 unspecified atom stereocenters. The van der Waals surface area contributed by atoms with Crippen LogP contribution in [0.15, 0.2) is 18.6 Å². The molecule has 3 nitrogen and oxygen atoms in total. The third-order valence-electron chi connectivity index (χ3n) is 2.12. The van der Waals surface area contributed by atoms with Crippen LogP contribution in [0, 0.1) is 0 Å². The fraction of sp³-hybridized carbons (Fsp3) is 0.500. The van der Waals surface area contributed by atoms with Crippen molar-refractivity contribution in [1.29, 1.82) is 0 Å². The van der Waals surface area contributed by atoms with Gasteiger partial charge in [0.2, 0.25) is 0 Å². The van der Waals surface area contributed by atoms with E-state index in [1.54, 1.807) is 25.7 Å². The van der Waals surface area contributed by atoms with Crippen molar-refractivity contribution < 1.29 is 4.74 Å². The lowest BCUT2D eigenvalue weighted by Gasteiger charge is -2.10. The van der Waals surface area contributed by atoms with Gasteiger partial charge < -0.3 is 4.74 Å². The summed E-state index contributed by atoms with van der Waals surface area (Å²) in [6.45, 7) is 0. The average Bonchev–Trinajstić information content (AvgIpc) is 2.86. The first kappa shape index (κ1) is 6.73. The molecule has 1 aliphatic rings. The number of aromatic nitrogens is 2. The zero-order valence-electron chi connectivity index (χ0n) is 6.45. The zero-order chi connectivity index (χ0) is 7.73. The van der Waals surface area contributed by atoms with Crippen LogP contribution >= 0.6 is 0 Å². The lowest BCUT2D eigenvalue weighted by Crippen LogP contribution is -2.10. The van der Waals surface area contributed by atoms with Crippen LogP contribution in [0.5, 0.6) is 0 Å². The van der Waals surface area contributed by atoms with Crippen molar-refractivity contribution in [1.82, 2.24) is 9.97 Å². The standard InChI is InChI=1S/C8H10N2O/c1-11-8(2-3-8)7-6-9-4-5-10-7/h4-6H,2-3H2,1H3. The van der Waals surface area contributed by atoms with E-state index >= 15 is 0 Å². The fourth-order valence-corrected chi connectivity index (χ4v) is 1.21. The zero-order valence-corrected chi connectivity index (χ0v) is 6.45. The van der Waals surface area contributed by atoms with E-state index in [2.05, 4.69) is 9.97 Å². The molecule has 3 heteroatoms. The van der Waals surface area contributed by atoms with E-state index in [0.717, 1.165) is 18.5 Å². The maximum Gasteiger partial charge on any atom is 0.111 e. The minimum absolute atomic E-state index is 0.0890. The van der Waals surface area contributed by atoms with Gasteiger partial charge in [0, 0.05) is 19.5 Å². The summed E-state index contributed by atoms with van der Waals surface area (Å²) in [5, 5.41) is 0. The van der Waals surface area contributed by atoms with Gasteiger partial charge in [-0.3, -0.25) is 9.97 Å². The second-order valence-corrected chi connectivity index (χ2v) is 2.79. The van der Waals surface area contributed by atoms with Crippen LogP contribution in [-0.2, 0) is 10.3 Å². The molecule has 0 aromatic carbocycles. The first-order chi connectivity index (χ1) is 5.37. The molecule has 0 spiro atoms. The molecule has 0 atom stereocenters. The van der Waals surface area contributed by atoms with Gasteiger partial charge in [-0.1, -0.05) is 0 Å². The summed E-state index contributed by atoms with van der Waals surface area (Å²) in [6, 6.07) is 0. The van der Waals surface area contributed by atoms with Crippen LogP contribution in [0.2, 0.25) is 0 Å². The Kier molecular flexibility index (Phi) is 1.39. The Balaban J connectivity index is 2.30. The van der Waals surface area contributed by atoms with Crippen molar-refractivity contribution in [3.63, 3.8) is 0 Å². The predicted molar refractivity (Wildman–Crippen MR) is 40.0 cm³/mol. The largest absolute Gasteiger partial charge is 0.372 e. The molecule has 0 aliphatic heterocycles. The van der Waals surface area contributed by atoms with E-state index in [-0.39, 0.29) is 5.60 Å². The molecule has 0 N–H and O–H groups in total. The Morgan fingerprint density at radius 1 is 1.45 bits per heavy atom. The van der Waals surface area contributed by atoms with Crippen molar-refractivity contribution in [2.24, 2.45) is 0 Å². The number of hydrogen-bond donors (Lipinski definition) is 0. The predicted octanol–water partition coefficient (Wildman–Crippen LogP) is 1.11. The van der Waals surface area contributed by atoms with Crippen molar-refractivity contribution in [2.45, 2.75) is 18.4 Å². The first-order valence-electron chi connectivity index (χ1n) is 3.69. The normalized spacial score (nSPS) is 19.7. The molecule has 1 fully saturated rings. The van der Waals surface area contributed by atoms with Crippen LogP contribution in [-0.4, -0.2) is 17.1 Å². The maximum atomic E-state index is 5.33. The first-order valence-corrected chi connectivity index (χ1v) is 3.69. The molecule has 0 radical (unpaired) electrons. The highest BCUT2D eigenvalue weighted by molar-refractivity contribution is 5.16. The maximum absolute atomic E-state index is 5.33. The summed E-state index contributed by atoms with van der Waals surface area (Å²) in [6.07, 6.45) is 7.30. The van der Waals surface area contributed by atoms with E-state index in [1.807, 2.05) is 0 Å². The third kappa shape index (κ3) is 1.01. The summed E-state index contributed by atoms with van der Waals surface area (Å²) in [5.41, 5.74) is 0.872. The lowest BCUT2D eigenvalue weighted by atomic mass is 10.2. The molecule has 2 rings (SSSR count). The molecular weight excluding hydrogens is 140 g/mol. The minimum atomic E-state index is -0.0890. The number of methoxy groups -OCH3 is 1. The second kappa shape index (κ2) is 2.27. The van der Waals surface area contributed by atoms with Crippen LogP contribution in [0.3, 0.4) is 0 Å². The van der Waals surface area contributed by atoms with Gasteiger partial charge in [0.25, 0.3) is 0 Å². The van der Waals surface area contributed by atoms with Crippen molar-refractivity contribution >= 4 is 0 Å². The lowest BCUT2D eigenvalue weighted by molar-refractivity contribution is 0.0748. The van der Waals surface area contributed by atoms with Crippen LogP contribution in [0.25, 0.3) is 0 Å². The van der Waals surface area contributed by atoms with Gasteiger partial charge in [-0.2, -0.15) is 0 Å². The molecule has 11 heavy (non-hydrogen) atoms. The minimum Gasteiger partial charge on any atom is -0.372 e. The molecule has 0 saturated heterocycles. The van der Waals surface area contributed by atoms with E-state index < -0.39 is 0 Å². The Morgan fingerprint density at radius 3 is 2.73 bits per heavy atom. The highest BCUT2D eigenvalue weighted by Gasteiger charge is 2.46. The van der Waals surface area contributed by atoms with Gasteiger partial charge in [0.15, 0.2) is 0 Å². The molecule has 1 heterocycles. The Bertz CT molecular complexity index is 244. The average molecular weight is 150 g/mol. The number of rotatable bonds is 2. The monoisotopic (exact) mass is 150 g/mol. The molecular formula is C8H10N2O. The fourth-order valence-electron chi connectivity index (χ4n) is 1.21. The molecule has 58 valence electrons. The summed E-state index contributed by atoms with van der Waals surface area (Å²) >= 11 is 0. The topological polar surface area (TPSA) is 35.0 Å². The van der Waals surface area contributed by atoms with E-state index in [9.17, 15) is 0 Å². The van der Waals surface area contributed by atoms with Gasteiger partial charge in [0.1, 0.15) is 5.60 Å². The molecule has 1 saturated carbocycles. The van der Waals surface area contributed by atoms with Crippen LogP contribution in [0.1, 0.15) is 18.5 Å². The number of hydrogen-bond acceptors (Lipinski definition) is 3. The van der Waals surface area contributed by atoms with E-state index in [0.29, 0.717) is 0 Å². The highest BCUT2D eigenvalue weighted by Crippen LogP contribution is 2.47. The van der Waals surface area contributed by atoms with Gasteiger partial charge >= 0.3 is 0 Å². The quantitative estimate of drug-likeness (QED) is 0.633. The van der Waals surface area contributed by atoms with E-state index in [1.165, 1.54) is 0 Å². The van der Waals surface area contributed by atoms with Crippen molar-refractivity contribution in [3.05, 3.63) is 24.3 Å². The van der Waals surface area contributed by atoms with Crippen molar-refractivity contribution in [2.75, 3.05) is 7.11 Å². The van der Waals surface area contributed by atoms with Crippen LogP contribution < -0.4 is 0 Å². The number of nitrogens with zero attached hydrogens (tertiary/aromatic N) is 2. The molecule has 0 bridgehead atoms. The number of ether oxygens (including phenoxy) is 1. The third-order valence-corrected chi connectivity index (χ3v) is 2.12. The van der Waals surface area contributed by atoms with E-state index in [4.69, 9.17) is 4.74 Å². The smallest absolute Gasteiger partial charge is 0.111 e. The molecule has 1 aliphatic carbocycles. The summed E-state index contributed by atoms with van der Waals surface area (Å²) in [4.78, 5) is 8.19. The Morgan fingerprint density at radius 2 is 2.27 bits per heavy atom. The highest BCUT2D eigenvalue weighted by atomic mass is 16.5. The summed E-state index contributed by atoms with van der Waals surface area (Å²) in [5.74, 6) is 0. The second-order valence-electron chi connectivity index (χ2n) is 2.79. The summed E-state index contributed by atoms with van der Waals surface area (Å²) < 4.78 is 5.33. The Labute approximate surface area is 65.4 Å². The van der Waals surface area contributed by atoms with Gasteiger partial charge in [-0.25, -0.2) is 0 Å². The Hall–Kier alpha value is -0.960. The molecule has 1 aromatic heterocycles. The van der Waals surface area contributed by atoms with Crippen molar-refractivity contribution in [3.8, 4) is 0 Å². The molecule has 1 aromatic rings. The summed E-state index contributed by atoms with van der Waals surface area (Å²) in [7, 11) is 1.72. The SMILES string of the molecule is COC1(c2cnccn2)CC1. The van der Waals surface area contributed by atoms with Gasteiger partial charge in [-0.05, 0) is 12.8 Å². The van der Waals surface area contributed by atoms with Crippen LogP contribution in [0.4, 0.5) is 0 Å².